The van der Waals surface area contributed by atoms with E-state index in [0.29, 0.717) is 13.0 Å². The molecule has 1 aliphatic rings. The number of anilines is 1. The van der Waals surface area contributed by atoms with Gasteiger partial charge in [-0.2, -0.15) is 0 Å². The maximum Gasteiger partial charge on any atom is 0.311 e. The lowest BCUT2D eigenvalue weighted by Gasteiger charge is -2.32. The molecule has 4 nitrogen and oxygen atoms in total. The minimum absolute atomic E-state index is 0.0917. The van der Waals surface area contributed by atoms with Crippen LogP contribution in [0.25, 0.3) is 0 Å². The van der Waals surface area contributed by atoms with Crippen molar-refractivity contribution in [2.45, 2.75) is 32.3 Å². The Labute approximate surface area is 120 Å². The van der Waals surface area contributed by atoms with Gasteiger partial charge in [0, 0.05) is 25.7 Å². The molecule has 106 valence electrons. The highest BCUT2D eigenvalue weighted by Gasteiger charge is 2.28. The van der Waals surface area contributed by atoms with Crippen LogP contribution >= 0.6 is 0 Å². The topological polar surface area (TPSA) is 42.4 Å². The Morgan fingerprint density at radius 1 is 1.65 bits per heavy atom. The van der Waals surface area contributed by atoms with E-state index in [1.165, 1.54) is 0 Å². The first-order valence-corrected chi connectivity index (χ1v) is 7.00. The van der Waals surface area contributed by atoms with Gasteiger partial charge < -0.3 is 9.64 Å². The fourth-order valence-electron chi connectivity index (χ4n) is 2.42. The summed E-state index contributed by atoms with van der Waals surface area (Å²) in [7, 11) is 0. The molecule has 0 saturated carbocycles. The molecule has 0 N–H and O–H groups in total. The maximum absolute atomic E-state index is 12.1. The number of esters is 1. The zero-order valence-corrected chi connectivity index (χ0v) is 11.8. The number of pyridine rings is 1. The van der Waals surface area contributed by atoms with Crippen molar-refractivity contribution in [3.63, 3.8) is 0 Å². The van der Waals surface area contributed by atoms with Crippen LogP contribution in [0.2, 0.25) is 0 Å². The number of terminal acetylenes is 1. The Hall–Kier alpha value is -2.02. The Bertz CT molecular complexity index is 481. The van der Waals surface area contributed by atoms with Crippen molar-refractivity contribution >= 4 is 11.8 Å². The Morgan fingerprint density at radius 3 is 3.20 bits per heavy atom. The van der Waals surface area contributed by atoms with Gasteiger partial charge in [-0.3, -0.25) is 4.79 Å². The second kappa shape index (κ2) is 6.95. The van der Waals surface area contributed by atoms with Crippen molar-refractivity contribution in [2.24, 2.45) is 5.92 Å². The summed E-state index contributed by atoms with van der Waals surface area (Å²) in [5.74, 6) is 3.19. The summed E-state index contributed by atoms with van der Waals surface area (Å²) in [4.78, 5) is 18.6. The molecule has 20 heavy (non-hydrogen) atoms. The fraction of sp³-hybridized carbons (Fsp3) is 0.500. The number of hydrogen-bond donors (Lipinski definition) is 0. The molecule has 1 fully saturated rings. The molecule has 2 rings (SSSR count). The second-order valence-corrected chi connectivity index (χ2v) is 5.13. The molecular weight excluding hydrogens is 252 g/mol. The average Bonchev–Trinajstić information content (AvgIpc) is 2.48. The fourth-order valence-corrected chi connectivity index (χ4v) is 2.42. The van der Waals surface area contributed by atoms with E-state index in [0.717, 1.165) is 25.2 Å². The standard InChI is InChI=1S/C16H20N2O2/c1-3-7-13(2)20-16(19)14-8-6-11-18(12-14)15-9-4-5-10-17-15/h1,4-5,9-10,13-14H,6-8,11-12H2,2H3/t13-,14+/m0/s1. The zero-order chi connectivity index (χ0) is 14.4. The minimum atomic E-state index is -0.210. The molecule has 0 unspecified atom stereocenters. The van der Waals surface area contributed by atoms with Crippen molar-refractivity contribution in [3.8, 4) is 12.3 Å². The average molecular weight is 272 g/mol. The Balaban J connectivity index is 1.93. The number of rotatable bonds is 4. The molecule has 0 spiro atoms. The largest absolute Gasteiger partial charge is 0.461 e. The van der Waals surface area contributed by atoms with E-state index in [9.17, 15) is 4.79 Å². The van der Waals surface area contributed by atoms with Crippen LogP contribution in [0.3, 0.4) is 0 Å². The number of nitrogens with zero attached hydrogens (tertiary/aromatic N) is 2. The van der Waals surface area contributed by atoms with Crippen LogP contribution in [0, 0.1) is 18.3 Å². The summed E-state index contributed by atoms with van der Waals surface area (Å²) < 4.78 is 5.39. The van der Waals surface area contributed by atoms with Gasteiger partial charge in [-0.15, -0.1) is 12.3 Å². The molecule has 0 radical (unpaired) electrons. The van der Waals surface area contributed by atoms with Crippen LogP contribution in [-0.2, 0) is 9.53 Å². The number of carbonyl (C=O) groups excluding carboxylic acids is 1. The van der Waals surface area contributed by atoms with E-state index < -0.39 is 0 Å². The highest BCUT2D eigenvalue weighted by atomic mass is 16.5. The lowest BCUT2D eigenvalue weighted by atomic mass is 9.98. The third kappa shape index (κ3) is 3.74. The van der Waals surface area contributed by atoms with Gasteiger partial charge in [0.2, 0.25) is 0 Å². The molecule has 0 aliphatic carbocycles. The second-order valence-electron chi connectivity index (χ2n) is 5.13. The SMILES string of the molecule is C#CC[C@H](C)OC(=O)[C@@H]1CCCN(c2ccccn2)C1. The van der Waals surface area contributed by atoms with Crippen LogP contribution in [0.15, 0.2) is 24.4 Å². The molecule has 0 amide bonds. The normalized spacial score (nSPS) is 20.0. The van der Waals surface area contributed by atoms with E-state index in [4.69, 9.17) is 11.2 Å². The molecule has 1 saturated heterocycles. The zero-order valence-electron chi connectivity index (χ0n) is 11.8. The number of aromatic nitrogens is 1. The molecule has 1 aromatic rings. The molecule has 2 heterocycles. The number of ether oxygens (including phenoxy) is 1. The maximum atomic E-state index is 12.1. The van der Waals surface area contributed by atoms with Gasteiger partial charge in [-0.1, -0.05) is 6.07 Å². The van der Waals surface area contributed by atoms with Crippen LogP contribution in [0.1, 0.15) is 26.2 Å². The minimum Gasteiger partial charge on any atom is -0.461 e. The van der Waals surface area contributed by atoms with Crippen molar-refractivity contribution in [1.82, 2.24) is 4.98 Å². The molecule has 0 bridgehead atoms. The van der Waals surface area contributed by atoms with Gasteiger partial charge in [0.15, 0.2) is 0 Å². The van der Waals surface area contributed by atoms with E-state index in [1.807, 2.05) is 25.1 Å². The Kier molecular flexibility index (Phi) is 5.00. The van der Waals surface area contributed by atoms with Crippen LogP contribution < -0.4 is 4.90 Å². The van der Waals surface area contributed by atoms with E-state index >= 15 is 0 Å². The lowest BCUT2D eigenvalue weighted by molar-refractivity contribution is -0.153. The van der Waals surface area contributed by atoms with Crippen LogP contribution in [-0.4, -0.2) is 30.1 Å². The predicted octanol–water partition coefficient (Wildman–Crippen LogP) is 2.25. The molecular formula is C16H20N2O2. The van der Waals surface area contributed by atoms with Gasteiger partial charge in [-0.05, 0) is 31.9 Å². The van der Waals surface area contributed by atoms with E-state index in [1.54, 1.807) is 6.20 Å². The molecule has 1 aliphatic heterocycles. The van der Waals surface area contributed by atoms with Crippen LogP contribution in [0.4, 0.5) is 5.82 Å². The summed E-state index contributed by atoms with van der Waals surface area (Å²) in [6, 6.07) is 5.81. The lowest BCUT2D eigenvalue weighted by Crippen LogP contribution is -2.40. The summed E-state index contributed by atoms with van der Waals surface area (Å²) >= 11 is 0. The van der Waals surface area contributed by atoms with Crippen molar-refractivity contribution < 1.29 is 9.53 Å². The van der Waals surface area contributed by atoms with Crippen LogP contribution in [0.5, 0.6) is 0 Å². The summed E-state index contributed by atoms with van der Waals surface area (Å²) in [5.41, 5.74) is 0. The van der Waals surface area contributed by atoms with Gasteiger partial charge in [0.05, 0.1) is 5.92 Å². The first-order chi connectivity index (χ1) is 9.70. The van der Waals surface area contributed by atoms with Gasteiger partial charge in [0.1, 0.15) is 11.9 Å². The van der Waals surface area contributed by atoms with Gasteiger partial charge >= 0.3 is 5.97 Å². The molecule has 4 heteroatoms. The quantitative estimate of drug-likeness (QED) is 0.623. The van der Waals surface area contributed by atoms with Gasteiger partial charge in [0.25, 0.3) is 0 Å². The highest BCUT2D eigenvalue weighted by molar-refractivity contribution is 5.73. The first-order valence-electron chi connectivity index (χ1n) is 7.00. The summed E-state index contributed by atoms with van der Waals surface area (Å²) in [6.07, 6.45) is 9.08. The molecule has 1 aromatic heterocycles. The van der Waals surface area contributed by atoms with Crippen molar-refractivity contribution in [2.75, 3.05) is 18.0 Å². The molecule has 0 aromatic carbocycles. The third-order valence-electron chi connectivity index (χ3n) is 3.45. The summed E-state index contributed by atoms with van der Waals surface area (Å²) in [6.45, 7) is 3.43. The predicted molar refractivity (Wildman–Crippen MR) is 78.2 cm³/mol. The van der Waals surface area contributed by atoms with Gasteiger partial charge in [-0.25, -0.2) is 4.98 Å². The van der Waals surface area contributed by atoms with E-state index in [-0.39, 0.29) is 18.0 Å². The third-order valence-corrected chi connectivity index (χ3v) is 3.45. The smallest absolute Gasteiger partial charge is 0.311 e. The highest BCUT2D eigenvalue weighted by Crippen LogP contribution is 2.22. The van der Waals surface area contributed by atoms with Crippen molar-refractivity contribution in [3.05, 3.63) is 24.4 Å². The molecule has 2 atom stereocenters. The summed E-state index contributed by atoms with van der Waals surface area (Å²) in [5, 5.41) is 0. The Morgan fingerprint density at radius 2 is 2.50 bits per heavy atom. The first kappa shape index (κ1) is 14.4. The number of carbonyl (C=O) groups is 1. The number of hydrogen-bond acceptors (Lipinski definition) is 4. The van der Waals surface area contributed by atoms with Crippen molar-refractivity contribution in [1.29, 1.82) is 0 Å². The monoisotopic (exact) mass is 272 g/mol. The van der Waals surface area contributed by atoms with E-state index in [2.05, 4.69) is 15.8 Å². The number of piperidine rings is 1.